The van der Waals surface area contributed by atoms with Gasteiger partial charge in [0.1, 0.15) is 11.3 Å². The highest BCUT2D eigenvalue weighted by Crippen LogP contribution is 2.45. The minimum Gasteiger partial charge on any atom is -0.355 e. The molecule has 0 fully saturated rings. The molecule has 1 aromatic carbocycles. The molecule has 0 amide bonds. The van der Waals surface area contributed by atoms with Gasteiger partial charge in [-0.1, -0.05) is 52.8 Å². The van der Waals surface area contributed by atoms with E-state index in [0.29, 0.717) is 36.1 Å². The van der Waals surface area contributed by atoms with Crippen molar-refractivity contribution in [1.82, 2.24) is 10.3 Å². The number of allylic oxidation sites excluding steroid dienone is 4. The van der Waals surface area contributed by atoms with Crippen LogP contribution in [0.1, 0.15) is 35.3 Å². The Morgan fingerprint density at radius 2 is 1.68 bits per heavy atom. The molecule has 7 heteroatoms. The molecule has 2 aliphatic carbocycles. The van der Waals surface area contributed by atoms with Gasteiger partial charge >= 0.3 is 6.18 Å². The van der Waals surface area contributed by atoms with Crippen molar-refractivity contribution in [3.05, 3.63) is 64.9 Å². The Bertz CT molecular complexity index is 1120. The number of benzene rings is 1. The summed E-state index contributed by atoms with van der Waals surface area (Å²) in [4.78, 5) is 0. The Hall–Kier alpha value is -3.09. The first-order valence-electron chi connectivity index (χ1n) is 9.05. The van der Waals surface area contributed by atoms with Crippen molar-refractivity contribution >= 4 is 5.57 Å². The largest absolute Gasteiger partial charge is 0.422 e. The molecule has 2 heterocycles. The number of nitrogens with zero attached hydrogens (tertiary/aromatic N) is 2. The van der Waals surface area contributed by atoms with E-state index < -0.39 is 11.7 Å². The first-order chi connectivity index (χ1) is 13.5. The Labute approximate surface area is 158 Å². The highest BCUT2D eigenvalue weighted by molar-refractivity contribution is 5.80. The van der Waals surface area contributed by atoms with Crippen LogP contribution >= 0.6 is 0 Å². The monoisotopic (exact) mass is 384 g/mol. The van der Waals surface area contributed by atoms with E-state index in [9.17, 15) is 13.2 Å². The second kappa shape index (κ2) is 6.22. The van der Waals surface area contributed by atoms with Gasteiger partial charge in [0.15, 0.2) is 17.2 Å². The van der Waals surface area contributed by atoms with Crippen LogP contribution < -0.4 is 0 Å². The van der Waals surface area contributed by atoms with Crippen molar-refractivity contribution in [1.29, 1.82) is 0 Å². The molecule has 0 unspecified atom stereocenters. The molecule has 0 aliphatic heterocycles. The van der Waals surface area contributed by atoms with Gasteiger partial charge in [-0.2, -0.15) is 13.2 Å². The van der Waals surface area contributed by atoms with Crippen molar-refractivity contribution in [3.63, 3.8) is 0 Å². The van der Waals surface area contributed by atoms with Crippen molar-refractivity contribution in [2.45, 2.75) is 31.9 Å². The van der Waals surface area contributed by atoms with Crippen LogP contribution in [0.4, 0.5) is 13.2 Å². The third kappa shape index (κ3) is 2.61. The van der Waals surface area contributed by atoms with Crippen LogP contribution in [-0.4, -0.2) is 10.3 Å². The molecule has 0 radical (unpaired) electrons. The summed E-state index contributed by atoms with van der Waals surface area (Å²) in [5.41, 5.74) is 2.33. The number of hydrogen-bond donors (Lipinski definition) is 0. The van der Waals surface area contributed by atoms with E-state index in [0.717, 1.165) is 17.5 Å². The van der Waals surface area contributed by atoms with E-state index in [2.05, 4.69) is 10.3 Å². The zero-order chi connectivity index (χ0) is 19.3. The number of halogens is 3. The van der Waals surface area contributed by atoms with E-state index in [-0.39, 0.29) is 17.2 Å². The molecule has 0 atom stereocenters. The Morgan fingerprint density at radius 3 is 2.46 bits per heavy atom. The summed E-state index contributed by atoms with van der Waals surface area (Å²) in [5.74, 6) is -0.243. The topological polar surface area (TPSA) is 52.1 Å². The first kappa shape index (κ1) is 17.0. The average molecular weight is 384 g/mol. The zero-order valence-corrected chi connectivity index (χ0v) is 14.7. The van der Waals surface area contributed by atoms with Crippen LogP contribution in [-0.2, 0) is 19.0 Å². The van der Waals surface area contributed by atoms with Crippen molar-refractivity contribution < 1.29 is 22.2 Å². The van der Waals surface area contributed by atoms with Crippen LogP contribution in [0, 0.1) is 0 Å². The molecule has 2 aliphatic rings. The molecule has 0 saturated carbocycles. The van der Waals surface area contributed by atoms with Gasteiger partial charge in [-0.25, -0.2) is 0 Å². The highest BCUT2D eigenvalue weighted by atomic mass is 19.4. The van der Waals surface area contributed by atoms with E-state index in [1.807, 2.05) is 30.3 Å². The standard InChI is InChI=1S/C21H15F3N2O2/c22-21(23,24)16-18(26-27-19(16)13-7-2-1-3-8-13)20-15-11-10-12-6-4-5-9-14(12)17(15)25-28-20/h2,4-9H,1,3,10-11H2. The lowest BCUT2D eigenvalue weighted by Crippen LogP contribution is -2.09. The van der Waals surface area contributed by atoms with Crippen molar-refractivity contribution in [2.24, 2.45) is 0 Å². The van der Waals surface area contributed by atoms with Crippen LogP contribution in [0.2, 0.25) is 0 Å². The molecule has 28 heavy (non-hydrogen) atoms. The van der Waals surface area contributed by atoms with Crippen molar-refractivity contribution in [2.75, 3.05) is 0 Å². The summed E-state index contributed by atoms with van der Waals surface area (Å²) in [7, 11) is 0. The van der Waals surface area contributed by atoms with Gasteiger partial charge in [0.05, 0.1) is 0 Å². The number of hydrogen-bond acceptors (Lipinski definition) is 4. The predicted octanol–water partition coefficient (Wildman–Crippen LogP) is 5.85. The third-order valence-electron chi connectivity index (χ3n) is 5.15. The molecule has 2 aromatic heterocycles. The summed E-state index contributed by atoms with van der Waals surface area (Å²) < 4.78 is 52.4. The molecule has 0 bridgehead atoms. The van der Waals surface area contributed by atoms with Crippen LogP contribution in [0.3, 0.4) is 0 Å². The van der Waals surface area contributed by atoms with Crippen LogP contribution in [0.15, 0.2) is 51.5 Å². The van der Waals surface area contributed by atoms with Crippen LogP contribution in [0.5, 0.6) is 0 Å². The maximum Gasteiger partial charge on any atom is 0.422 e. The van der Waals surface area contributed by atoms with E-state index in [1.54, 1.807) is 12.2 Å². The summed E-state index contributed by atoms with van der Waals surface area (Å²) in [6.45, 7) is 0. The second-order valence-corrected chi connectivity index (χ2v) is 6.87. The lowest BCUT2D eigenvalue weighted by Gasteiger charge is -2.14. The molecular weight excluding hydrogens is 369 g/mol. The molecular formula is C21H15F3N2O2. The lowest BCUT2D eigenvalue weighted by molar-refractivity contribution is -0.137. The quantitative estimate of drug-likeness (QED) is 0.556. The fourth-order valence-electron chi connectivity index (χ4n) is 3.85. The van der Waals surface area contributed by atoms with Gasteiger partial charge in [-0.15, -0.1) is 0 Å². The first-order valence-corrected chi connectivity index (χ1v) is 9.05. The zero-order valence-electron chi connectivity index (χ0n) is 14.7. The number of aromatic nitrogens is 2. The van der Waals surface area contributed by atoms with Crippen molar-refractivity contribution in [3.8, 4) is 22.7 Å². The van der Waals surface area contributed by atoms with E-state index in [4.69, 9.17) is 9.05 Å². The lowest BCUT2D eigenvalue weighted by atomic mass is 9.88. The average Bonchev–Trinajstić information content (AvgIpc) is 3.32. The minimum atomic E-state index is -4.64. The third-order valence-corrected chi connectivity index (χ3v) is 5.15. The number of fused-ring (bicyclic) bond motifs is 3. The summed E-state index contributed by atoms with van der Waals surface area (Å²) in [6, 6.07) is 7.70. The van der Waals surface area contributed by atoms with Gasteiger partial charge < -0.3 is 9.05 Å². The van der Waals surface area contributed by atoms with E-state index >= 15 is 0 Å². The molecule has 3 aromatic rings. The second-order valence-electron chi connectivity index (χ2n) is 6.87. The van der Waals surface area contributed by atoms with Gasteiger partial charge in [0.2, 0.25) is 0 Å². The van der Waals surface area contributed by atoms with Gasteiger partial charge in [-0.05, 0) is 31.2 Å². The molecule has 0 N–H and O–H groups in total. The van der Waals surface area contributed by atoms with E-state index in [1.165, 1.54) is 0 Å². The molecule has 5 rings (SSSR count). The molecule has 0 spiro atoms. The maximum atomic E-state index is 13.9. The number of rotatable bonds is 2. The smallest absolute Gasteiger partial charge is 0.355 e. The van der Waals surface area contributed by atoms with Gasteiger partial charge in [0.25, 0.3) is 0 Å². The Morgan fingerprint density at radius 1 is 0.893 bits per heavy atom. The summed E-state index contributed by atoms with van der Waals surface area (Å²) in [6.07, 6.45) is 3.24. The predicted molar refractivity (Wildman–Crippen MR) is 96.2 cm³/mol. The summed E-state index contributed by atoms with van der Waals surface area (Å²) in [5, 5.41) is 7.83. The molecule has 0 saturated heterocycles. The fourth-order valence-corrected chi connectivity index (χ4v) is 3.85. The Balaban J connectivity index is 1.68. The fraction of sp³-hybridized carbons (Fsp3) is 0.238. The summed E-state index contributed by atoms with van der Waals surface area (Å²) >= 11 is 0. The van der Waals surface area contributed by atoms with Crippen LogP contribution in [0.25, 0.3) is 28.3 Å². The number of alkyl halides is 3. The van der Waals surface area contributed by atoms with Gasteiger partial charge in [-0.3, -0.25) is 0 Å². The highest BCUT2D eigenvalue weighted by Gasteiger charge is 2.43. The molecule has 142 valence electrons. The molecule has 4 nitrogen and oxygen atoms in total. The minimum absolute atomic E-state index is 0.0345. The SMILES string of the molecule is FC(F)(F)c1c(-c2onc3c2CCc2ccccc2-3)noc1C1=CCCC=C1. The number of aryl methyl sites for hydroxylation is 1. The maximum absolute atomic E-state index is 13.9. The Kier molecular flexibility index (Phi) is 3.79. The van der Waals surface area contributed by atoms with Gasteiger partial charge in [0, 0.05) is 16.7 Å². The normalized spacial score (nSPS) is 15.9.